The standard InChI is InChI=1S/C21H29N3O2S/c1-15(2)23-21(25)11-16-8-9-22-13-17(16)10-18-12-19(26-24-18)14-27-20-6-4-3-5-7-20/h3-7,12,15-17,22H,8-11,13-14H2,1-2H3,(H,23,25)/t16-,17+/m1/s1. The Kier molecular flexibility index (Phi) is 7.35. The van der Waals surface area contributed by atoms with Crippen LogP contribution in [0.2, 0.25) is 0 Å². The molecule has 27 heavy (non-hydrogen) atoms. The summed E-state index contributed by atoms with van der Waals surface area (Å²) in [4.78, 5) is 13.4. The zero-order chi connectivity index (χ0) is 19.1. The van der Waals surface area contributed by atoms with Gasteiger partial charge in [0.15, 0.2) is 0 Å². The second kappa shape index (κ2) is 9.95. The van der Waals surface area contributed by atoms with Crippen molar-refractivity contribution in [2.75, 3.05) is 13.1 Å². The number of nitrogens with one attached hydrogen (secondary N) is 2. The molecular formula is C21H29N3O2S. The molecule has 1 aliphatic rings. The molecule has 2 aromatic rings. The van der Waals surface area contributed by atoms with E-state index in [2.05, 4.69) is 34.0 Å². The average Bonchev–Trinajstić information content (AvgIpc) is 3.09. The summed E-state index contributed by atoms with van der Waals surface area (Å²) < 4.78 is 5.53. The topological polar surface area (TPSA) is 67.2 Å². The number of amides is 1. The quantitative estimate of drug-likeness (QED) is 0.677. The molecule has 146 valence electrons. The summed E-state index contributed by atoms with van der Waals surface area (Å²) in [5.41, 5.74) is 0.988. The molecule has 1 fully saturated rings. The van der Waals surface area contributed by atoms with E-state index in [1.807, 2.05) is 32.0 Å². The largest absolute Gasteiger partial charge is 0.360 e. The fourth-order valence-electron chi connectivity index (χ4n) is 3.56. The SMILES string of the molecule is CC(C)NC(=O)C[C@H]1CCNC[C@@H]1Cc1cc(CSc2ccccc2)on1. The molecule has 6 heteroatoms. The molecule has 2 N–H and O–H groups in total. The summed E-state index contributed by atoms with van der Waals surface area (Å²) >= 11 is 1.75. The van der Waals surface area contributed by atoms with Gasteiger partial charge in [-0.1, -0.05) is 23.4 Å². The smallest absolute Gasteiger partial charge is 0.220 e. The second-order valence-corrected chi connectivity index (χ2v) is 8.58. The first-order chi connectivity index (χ1) is 13.1. The maximum absolute atomic E-state index is 12.2. The lowest BCUT2D eigenvalue weighted by atomic mass is 9.81. The van der Waals surface area contributed by atoms with Gasteiger partial charge in [-0.15, -0.1) is 11.8 Å². The summed E-state index contributed by atoms with van der Waals surface area (Å²) in [6.07, 6.45) is 2.48. The van der Waals surface area contributed by atoms with Crippen LogP contribution in [0.3, 0.4) is 0 Å². The van der Waals surface area contributed by atoms with E-state index in [1.165, 1.54) is 4.90 Å². The third kappa shape index (κ3) is 6.40. The van der Waals surface area contributed by atoms with Crippen LogP contribution in [0.15, 0.2) is 45.8 Å². The van der Waals surface area contributed by atoms with Gasteiger partial charge in [-0.3, -0.25) is 4.79 Å². The molecule has 0 radical (unpaired) electrons. The summed E-state index contributed by atoms with van der Waals surface area (Å²) in [6.45, 7) is 5.92. The minimum atomic E-state index is 0.155. The molecule has 0 unspecified atom stereocenters. The fourth-order valence-corrected chi connectivity index (χ4v) is 4.36. The predicted octanol–water partition coefficient (Wildman–Crippen LogP) is 3.65. The number of nitrogens with zero attached hydrogens (tertiary/aromatic N) is 1. The van der Waals surface area contributed by atoms with Gasteiger partial charge in [-0.2, -0.15) is 0 Å². The minimum absolute atomic E-state index is 0.155. The Morgan fingerprint density at radius 2 is 2.15 bits per heavy atom. The van der Waals surface area contributed by atoms with Crippen molar-refractivity contribution in [2.45, 2.75) is 49.8 Å². The van der Waals surface area contributed by atoms with Crippen molar-refractivity contribution in [2.24, 2.45) is 11.8 Å². The first-order valence-corrected chi connectivity index (χ1v) is 10.7. The van der Waals surface area contributed by atoms with Gasteiger partial charge in [0.05, 0.1) is 11.4 Å². The number of piperidine rings is 1. The van der Waals surface area contributed by atoms with Gasteiger partial charge in [-0.05, 0) is 63.7 Å². The van der Waals surface area contributed by atoms with Crippen molar-refractivity contribution in [3.8, 4) is 0 Å². The first-order valence-electron chi connectivity index (χ1n) is 9.72. The molecule has 1 amide bonds. The number of carbonyl (C=O) groups is 1. The lowest BCUT2D eigenvalue weighted by Gasteiger charge is -2.31. The van der Waals surface area contributed by atoms with E-state index in [0.29, 0.717) is 18.3 Å². The third-order valence-corrected chi connectivity index (χ3v) is 5.90. The summed E-state index contributed by atoms with van der Waals surface area (Å²) in [7, 11) is 0. The van der Waals surface area contributed by atoms with Crippen LogP contribution in [-0.2, 0) is 17.0 Å². The lowest BCUT2D eigenvalue weighted by molar-refractivity contribution is -0.123. The molecule has 1 aromatic carbocycles. The summed E-state index contributed by atoms with van der Waals surface area (Å²) in [5.74, 6) is 2.64. The molecule has 0 bridgehead atoms. The summed E-state index contributed by atoms with van der Waals surface area (Å²) in [5, 5.41) is 10.7. The molecule has 0 spiro atoms. The van der Waals surface area contributed by atoms with Crippen LogP contribution in [0.4, 0.5) is 0 Å². The molecule has 1 saturated heterocycles. The number of aromatic nitrogens is 1. The highest BCUT2D eigenvalue weighted by Crippen LogP contribution is 2.27. The van der Waals surface area contributed by atoms with E-state index in [-0.39, 0.29) is 11.9 Å². The fraction of sp³-hybridized carbons (Fsp3) is 0.524. The minimum Gasteiger partial charge on any atom is -0.360 e. The average molecular weight is 388 g/mol. The van der Waals surface area contributed by atoms with Crippen molar-refractivity contribution in [1.82, 2.24) is 15.8 Å². The molecule has 2 atom stereocenters. The van der Waals surface area contributed by atoms with Crippen molar-refractivity contribution >= 4 is 17.7 Å². The number of benzene rings is 1. The van der Waals surface area contributed by atoms with E-state index in [4.69, 9.17) is 4.52 Å². The third-order valence-electron chi connectivity index (χ3n) is 4.87. The molecular weight excluding hydrogens is 358 g/mol. The Hall–Kier alpha value is -1.79. The Bertz CT molecular complexity index is 717. The maximum Gasteiger partial charge on any atom is 0.220 e. The van der Waals surface area contributed by atoms with Crippen molar-refractivity contribution < 1.29 is 9.32 Å². The zero-order valence-corrected chi connectivity index (χ0v) is 16.9. The number of carbonyl (C=O) groups excluding carboxylic acids is 1. The normalized spacial score (nSPS) is 20.0. The second-order valence-electron chi connectivity index (χ2n) is 7.53. The van der Waals surface area contributed by atoms with E-state index in [1.54, 1.807) is 11.8 Å². The van der Waals surface area contributed by atoms with Crippen LogP contribution in [0.25, 0.3) is 0 Å². The zero-order valence-electron chi connectivity index (χ0n) is 16.1. The Morgan fingerprint density at radius 1 is 1.33 bits per heavy atom. The van der Waals surface area contributed by atoms with Gasteiger partial charge in [0, 0.05) is 23.4 Å². The number of hydrogen-bond donors (Lipinski definition) is 2. The lowest BCUT2D eigenvalue weighted by Crippen LogP contribution is -2.41. The molecule has 5 nitrogen and oxygen atoms in total. The van der Waals surface area contributed by atoms with E-state index >= 15 is 0 Å². The Morgan fingerprint density at radius 3 is 2.93 bits per heavy atom. The Labute approximate surface area is 165 Å². The number of hydrogen-bond acceptors (Lipinski definition) is 5. The van der Waals surface area contributed by atoms with Crippen LogP contribution in [-0.4, -0.2) is 30.2 Å². The van der Waals surface area contributed by atoms with Gasteiger partial charge in [0.25, 0.3) is 0 Å². The van der Waals surface area contributed by atoms with Crippen LogP contribution < -0.4 is 10.6 Å². The monoisotopic (exact) mass is 387 g/mol. The highest BCUT2D eigenvalue weighted by atomic mass is 32.2. The van der Waals surface area contributed by atoms with Gasteiger partial charge >= 0.3 is 0 Å². The van der Waals surface area contributed by atoms with E-state index in [0.717, 1.165) is 43.1 Å². The van der Waals surface area contributed by atoms with Gasteiger partial charge in [0.2, 0.25) is 5.91 Å². The molecule has 3 rings (SSSR count). The van der Waals surface area contributed by atoms with Crippen molar-refractivity contribution in [3.05, 3.63) is 47.9 Å². The van der Waals surface area contributed by atoms with Crippen LogP contribution in [0.5, 0.6) is 0 Å². The van der Waals surface area contributed by atoms with Crippen LogP contribution in [0.1, 0.15) is 38.1 Å². The van der Waals surface area contributed by atoms with E-state index in [9.17, 15) is 4.79 Å². The van der Waals surface area contributed by atoms with E-state index < -0.39 is 0 Å². The molecule has 0 aliphatic carbocycles. The van der Waals surface area contributed by atoms with Gasteiger partial charge in [0.1, 0.15) is 5.76 Å². The molecule has 1 aliphatic heterocycles. The molecule has 1 aromatic heterocycles. The Balaban J connectivity index is 1.53. The highest BCUT2D eigenvalue weighted by Gasteiger charge is 2.28. The molecule has 2 heterocycles. The summed E-state index contributed by atoms with van der Waals surface area (Å²) in [6, 6.07) is 12.6. The number of rotatable bonds is 8. The van der Waals surface area contributed by atoms with Crippen molar-refractivity contribution in [1.29, 1.82) is 0 Å². The van der Waals surface area contributed by atoms with Crippen LogP contribution >= 0.6 is 11.8 Å². The first kappa shape index (κ1) is 20.0. The predicted molar refractivity (Wildman–Crippen MR) is 109 cm³/mol. The van der Waals surface area contributed by atoms with Gasteiger partial charge < -0.3 is 15.2 Å². The van der Waals surface area contributed by atoms with Crippen molar-refractivity contribution in [3.63, 3.8) is 0 Å². The number of thioether (sulfide) groups is 1. The highest BCUT2D eigenvalue weighted by molar-refractivity contribution is 7.98. The molecule has 0 saturated carbocycles. The van der Waals surface area contributed by atoms with Crippen LogP contribution in [0, 0.1) is 11.8 Å². The van der Waals surface area contributed by atoms with Gasteiger partial charge in [-0.25, -0.2) is 0 Å². The maximum atomic E-state index is 12.2.